The summed E-state index contributed by atoms with van der Waals surface area (Å²) in [5.74, 6) is -0.259. The molecular weight excluding hydrogens is 294 g/mol. The molecule has 122 valence electrons. The van der Waals surface area contributed by atoms with Crippen LogP contribution >= 0.6 is 0 Å². The van der Waals surface area contributed by atoms with E-state index in [0.29, 0.717) is 23.1 Å². The molecule has 0 saturated carbocycles. The molecule has 0 bridgehead atoms. The van der Waals surface area contributed by atoms with Crippen molar-refractivity contribution in [3.63, 3.8) is 0 Å². The zero-order valence-electron chi connectivity index (χ0n) is 13.8. The lowest BCUT2D eigenvalue weighted by atomic mass is 10.0. The minimum Gasteiger partial charge on any atom is -0.295 e. The van der Waals surface area contributed by atoms with Gasteiger partial charge in [-0.05, 0) is 31.9 Å². The van der Waals surface area contributed by atoms with E-state index in [4.69, 9.17) is 0 Å². The van der Waals surface area contributed by atoms with Crippen molar-refractivity contribution in [3.05, 3.63) is 39.9 Å². The van der Waals surface area contributed by atoms with Crippen molar-refractivity contribution >= 4 is 22.7 Å². The highest BCUT2D eigenvalue weighted by Gasteiger charge is 2.30. The van der Waals surface area contributed by atoms with Crippen molar-refractivity contribution in [3.8, 4) is 0 Å². The van der Waals surface area contributed by atoms with Gasteiger partial charge in [-0.2, -0.15) is 0 Å². The van der Waals surface area contributed by atoms with E-state index < -0.39 is 11.9 Å². The quantitative estimate of drug-likeness (QED) is 0.816. The topological polar surface area (TPSA) is 81.1 Å². The molecule has 1 aromatic heterocycles. The van der Waals surface area contributed by atoms with Crippen molar-refractivity contribution < 1.29 is 9.59 Å². The second-order valence-corrected chi connectivity index (χ2v) is 5.27. The summed E-state index contributed by atoms with van der Waals surface area (Å²) < 4.78 is 1.40. The lowest BCUT2D eigenvalue weighted by molar-refractivity contribution is -0.135. The van der Waals surface area contributed by atoms with Crippen LogP contribution in [0.4, 0.5) is 0 Å². The van der Waals surface area contributed by atoms with E-state index in [2.05, 4.69) is 10.3 Å². The second kappa shape index (κ2) is 6.73. The molecule has 0 aliphatic carbocycles. The number of hydrogen-bond acceptors (Lipinski definition) is 4. The highest BCUT2D eigenvalue weighted by Crippen LogP contribution is 2.20. The summed E-state index contributed by atoms with van der Waals surface area (Å²) in [7, 11) is 0. The zero-order chi connectivity index (χ0) is 17.1. The van der Waals surface area contributed by atoms with Gasteiger partial charge in [-0.3, -0.25) is 24.3 Å². The third-order valence-corrected chi connectivity index (χ3v) is 3.84. The normalized spacial score (nSPS) is 17.5. The highest BCUT2D eigenvalue weighted by molar-refractivity contribution is 5.99. The Hall–Kier alpha value is -2.50. The van der Waals surface area contributed by atoms with Gasteiger partial charge in [-0.1, -0.05) is 26.0 Å². The Kier molecular flexibility index (Phi) is 4.93. The number of piperidine rings is 1. The predicted octanol–water partition coefficient (Wildman–Crippen LogP) is 2.02. The first kappa shape index (κ1) is 16.9. The highest BCUT2D eigenvalue weighted by atomic mass is 16.2. The van der Waals surface area contributed by atoms with Crippen molar-refractivity contribution in [2.75, 3.05) is 0 Å². The first-order valence-electron chi connectivity index (χ1n) is 7.81. The van der Waals surface area contributed by atoms with Crippen LogP contribution in [0.15, 0.2) is 23.0 Å². The van der Waals surface area contributed by atoms with Crippen LogP contribution < -0.4 is 10.9 Å². The fourth-order valence-electron chi connectivity index (χ4n) is 2.81. The summed E-state index contributed by atoms with van der Waals surface area (Å²) in [6.45, 7) is 7.54. The fourth-order valence-corrected chi connectivity index (χ4v) is 2.81. The number of benzene rings is 1. The molecule has 1 aliphatic heterocycles. The molecule has 1 fully saturated rings. The molecule has 3 rings (SSSR count). The summed E-state index contributed by atoms with van der Waals surface area (Å²) in [6.07, 6.45) is 0.554. The number of carbonyl (C=O) groups excluding carboxylic acids is 2. The number of hydrogen-bond donors (Lipinski definition) is 1. The predicted molar refractivity (Wildman–Crippen MR) is 88.2 cm³/mol. The van der Waals surface area contributed by atoms with Crippen molar-refractivity contribution in [2.45, 2.75) is 46.6 Å². The van der Waals surface area contributed by atoms with E-state index in [9.17, 15) is 14.4 Å². The second-order valence-electron chi connectivity index (χ2n) is 5.27. The smallest absolute Gasteiger partial charge is 0.262 e. The molecule has 1 N–H and O–H groups in total. The lowest BCUT2D eigenvalue weighted by Gasteiger charge is -2.24. The van der Waals surface area contributed by atoms with Gasteiger partial charge in [0.05, 0.1) is 10.9 Å². The molecule has 1 unspecified atom stereocenters. The zero-order valence-corrected chi connectivity index (χ0v) is 13.8. The molecule has 6 heteroatoms. The number of aryl methyl sites for hydroxylation is 2. The number of nitrogens with one attached hydrogen (secondary N) is 1. The number of nitrogens with zero attached hydrogens (tertiary/aromatic N) is 2. The third-order valence-electron chi connectivity index (χ3n) is 3.84. The summed E-state index contributed by atoms with van der Waals surface area (Å²) in [6, 6.07) is 4.80. The largest absolute Gasteiger partial charge is 0.295 e. The summed E-state index contributed by atoms with van der Waals surface area (Å²) in [4.78, 5) is 40.4. The Morgan fingerprint density at radius 2 is 1.87 bits per heavy atom. The van der Waals surface area contributed by atoms with Gasteiger partial charge in [0.2, 0.25) is 11.8 Å². The van der Waals surface area contributed by atoms with Crippen molar-refractivity contribution in [1.82, 2.24) is 14.9 Å². The van der Waals surface area contributed by atoms with E-state index in [1.165, 1.54) is 4.57 Å². The maximum Gasteiger partial charge on any atom is 0.262 e. The standard InChI is InChI=1S/C15H15N3O3.C2H6/c1-8-4-3-5-10-13(8)15(21)18(9(2)16-10)11-6-7-12(19)17-14(11)20;1-2/h3-5,11H,6-7H2,1-2H3,(H,17,19,20);1-2H3. The van der Waals surface area contributed by atoms with Gasteiger partial charge in [0, 0.05) is 6.42 Å². The number of imide groups is 1. The molecule has 1 atom stereocenters. The molecule has 0 radical (unpaired) electrons. The Labute approximate surface area is 134 Å². The monoisotopic (exact) mass is 315 g/mol. The molecule has 6 nitrogen and oxygen atoms in total. The Morgan fingerprint density at radius 3 is 2.52 bits per heavy atom. The number of rotatable bonds is 1. The minimum atomic E-state index is -0.674. The fraction of sp³-hybridized carbons (Fsp3) is 0.412. The van der Waals surface area contributed by atoms with Crippen molar-refractivity contribution in [1.29, 1.82) is 0 Å². The maximum absolute atomic E-state index is 12.8. The van der Waals surface area contributed by atoms with E-state index in [0.717, 1.165) is 5.56 Å². The van der Waals surface area contributed by atoms with E-state index in [1.54, 1.807) is 13.0 Å². The van der Waals surface area contributed by atoms with Gasteiger partial charge in [0.25, 0.3) is 5.56 Å². The molecule has 1 aromatic carbocycles. The van der Waals surface area contributed by atoms with Gasteiger partial charge in [-0.15, -0.1) is 0 Å². The average Bonchev–Trinajstić information content (AvgIpc) is 2.51. The van der Waals surface area contributed by atoms with Crippen LogP contribution in [0.25, 0.3) is 10.9 Å². The maximum atomic E-state index is 12.8. The Morgan fingerprint density at radius 1 is 1.17 bits per heavy atom. The molecule has 1 saturated heterocycles. The Bertz CT molecular complexity index is 824. The number of carbonyl (C=O) groups is 2. The van der Waals surface area contributed by atoms with Gasteiger partial charge in [0.15, 0.2) is 0 Å². The Balaban J connectivity index is 0.000000924. The number of fused-ring (bicyclic) bond motifs is 1. The van der Waals surface area contributed by atoms with E-state index in [1.807, 2.05) is 32.9 Å². The third kappa shape index (κ3) is 3.02. The van der Waals surface area contributed by atoms with E-state index >= 15 is 0 Å². The lowest BCUT2D eigenvalue weighted by Crippen LogP contribution is -2.45. The molecule has 23 heavy (non-hydrogen) atoms. The van der Waals surface area contributed by atoms with Gasteiger partial charge >= 0.3 is 0 Å². The number of aromatic nitrogens is 2. The molecule has 2 amide bonds. The van der Waals surface area contributed by atoms with Crippen molar-refractivity contribution in [2.24, 2.45) is 0 Å². The van der Waals surface area contributed by atoms with Crippen LogP contribution in [0.5, 0.6) is 0 Å². The van der Waals surface area contributed by atoms with E-state index in [-0.39, 0.29) is 17.9 Å². The summed E-state index contributed by atoms with van der Waals surface area (Å²) >= 11 is 0. The van der Waals surface area contributed by atoms with Crippen LogP contribution in [-0.4, -0.2) is 21.4 Å². The average molecular weight is 315 g/mol. The SMILES string of the molecule is CC.Cc1cccc2nc(C)n(C3CCC(=O)NC3=O)c(=O)c12. The molecular formula is C17H21N3O3. The van der Waals surface area contributed by atoms with Gasteiger partial charge in [-0.25, -0.2) is 4.98 Å². The number of amides is 2. The first-order chi connectivity index (χ1) is 11.0. The van der Waals surface area contributed by atoms with Gasteiger partial charge in [0.1, 0.15) is 11.9 Å². The summed E-state index contributed by atoms with van der Waals surface area (Å²) in [5, 5.41) is 2.80. The minimum absolute atomic E-state index is 0.230. The molecule has 2 aromatic rings. The van der Waals surface area contributed by atoms with Crippen LogP contribution in [0.1, 0.15) is 44.1 Å². The molecule has 0 spiro atoms. The summed E-state index contributed by atoms with van der Waals surface area (Å²) in [5.41, 5.74) is 1.22. The van der Waals surface area contributed by atoms with Crippen LogP contribution in [-0.2, 0) is 9.59 Å². The first-order valence-corrected chi connectivity index (χ1v) is 7.81. The van der Waals surface area contributed by atoms with Crippen LogP contribution in [0.2, 0.25) is 0 Å². The van der Waals surface area contributed by atoms with Crippen LogP contribution in [0.3, 0.4) is 0 Å². The van der Waals surface area contributed by atoms with Gasteiger partial charge < -0.3 is 0 Å². The molecule has 2 heterocycles. The van der Waals surface area contributed by atoms with Crippen LogP contribution in [0, 0.1) is 13.8 Å². The molecule has 1 aliphatic rings.